The van der Waals surface area contributed by atoms with Crippen LogP contribution in [0.3, 0.4) is 0 Å². The Morgan fingerprint density at radius 3 is 2.72 bits per heavy atom. The molecule has 0 aliphatic rings. The molecule has 0 saturated carbocycles. The molecule has 0 unspecified atom stereocenters. The van der Waals surface area contributed by atoms with E-state index in [0.29, 0.717) is 11.8 Å². The fourth-order valence-electron chi connectivity index (χ4n) is 1.88. The van der Waals surface area contributed by atoms with Gasteiger partial charge in [-0.3, -0.25) is 4.79 Å². The first kappa shape index (κ1) is 18.9. The number of alkyl halides is 3. The normalized spacial score (nSPS) is 12.1. The van der Waals surface area contributed by atoms with Crippen LogP contribution in [0.25, 0.3) is 0 Å². The van der Waals surface area contributed by atoms with E-state index in [1.54, 1.807) is 6.92 Å². The zero-order chi connectivity index (χ0) is 18.4. The number of hydrogen-bond donors (Lipinski definition) is 1. The number of halogens is 4. The lowest BCUT2D eigenvalue weighted by Crippen LogP contribution is -2.26. The molecule has 2 aromatic rings. The van der Waals surface area contributed by atoms with Crippen molar-refractivity contribution < 1.29 is 27.2 Å². The molecular formula is C16H14F4N2O2S. The molecule has 0 radical (unpaired) electrons. The number of hydrogen-bond acceptors (Lipinski definition) is 4. The van der Waals surface area contributed by atoms with E-state index >= 15 is 0 Å². The fraction of sp³-hybridized carbons (Fsp3) is 0.250. The molecule has 1 aromatic carbocycles. The van der Waals surface area contributed by atoms with Crippen LogP contribution in [-0.4, -0.2) is 18.2 Å². The van der Waals surface area contributed by atoms with Crippen molar-refractivity contribution in [2.45, 2.75) is 19.6 Å². The largest absolute Gasteiger partial charge is 0.416 e. The van der Waals surface area contributed by atoms with Gasteiger partial charge in [-0.15, -0.1) is 11.3 Å². The van der Waals surface area contributed by atoms with Crippen LogP contribution in [0.5, 0.6) is 0 Å². The molecule has 2 rings (SSSR count). The van der Waals surface area contributed by atoms with Crippen molar-refractivity contribution in [2.75, 3.05) is 6.61 Å². The van der Waals surface area contributed by atoms with E-state index in [1.165, 1.54) is 11.3 Å². The van der Waals surface area contributed by atoms with Crippen molar-refractivity contribution >= 4 is 23.0 Å². The number of carbonyl (C=O) groups is 1. The molecule has 1 amide bonds. The third-order valence-electron chi connectivity index (χ3n) is 3.05. The minimum Gasteiger partial charge on any atom is -0.385 e. The Bertz CT molecular complexity index is 758. The van der Waals surface area contributed by atoms with Gasteiger partial charge in [-0.2, -0.15) is 13.2 Å². The van der Waals surface area contributed by atoms with Gasteiger partial charge in [0.1, 0.15) is 5.82 Å². The number of thiophene rings is 1. The Hall–Kier alpha value is -2.42. The van der Waals surface area contributed by atoms with Crippen molar-refractivity contribution in [3.05, 3.63) is 57.5 Å². The van der Waals surface area contributed by atoms with Gasteiger partial charge >= 0.3 is 6.18 Å². The first-order chi connectivity index (χ1) is 11.8. The van der Waals surface area contributed by atoms with Crippen LogP contribution in [0.4, 0.5) is 17.6 Å². The van der Waals surface area contributed by atoms with Crippen LogP contribution >= 0.6 is 11.3 Å². The summed E-state index contributed by atoms with van der Waals surface area (Å²) in [5, 5.41) is 8.00. The average molecular weight is 374 g/mol. The fourth-order valence-corrected chi connectivity index (χ4v) is 2.55. The molecule has 25 heavy (non-hydrogen) atoms. The Morgan fingerprint density at radius 2 is 2.08 bits per heavy atom. The summed E-state index contributed by atoms with van der Waals surface area (Å²) in [5.74, 6) is -1.60. The van der Waals surface area contributed by atoms with Gasteiger partial charge in [0.25, 0.3) is 5.91 Å². The second-order valence-corrected chi connectivity index (χ2v) is 6.00. The molecule has 1 aromatic heterocycles. The second-order valence-electron chi connectivity index (χ2n) is 5.05. The topological polar surface area (TPSA) is 50.7 Å². The Kier molecular flexibility index (Phi) is 6.13. The second kappa shape index (κ2) is 8.11. The number of amides is 1. The molecular weight excluding hydrogens is 360 g/mol. The zero-order valence-electron chi connectivity index (χ0n) is 13.1. The summed E-state index contributed by atoms with van der Waals surface area (Å²) in [4.78, 5) is 17.4. The van der Waals surface area contributed by atoms with Gasteiger partial charge in [-0.25, -0.2) is 4.39 Å². The number of nitrogens with one attached hydrogen (secondary N) is 1. The molecule has 9 heteroatoms. The van der Waals surface area contributed by atoms with E-state index < -0.39 is 30.1 Å². The SMILES string of the molecule is CC(=NOCC(=O)NCc1cc(F)cc(C(F)(F)F)c1)c1cccs1. The quantitative estimate of drug-likeness (QED) is 0.473. The molecule has 4 nitrogen and oxygen atoms in total. The minimum absolute atomic E-state index is 0.000979. The van der Waals surface area contributed by atoms with Gasteiger partial charge in [0.15, 0.2) is 6.61 Å². The summed E-state index contributed by atoms with van der Waals surface area (Å²) in [6.45, 7) is 1.07. The van der Waals surface area contributed by atoms with E-state index in [9.17, 15) is 22.4 Å². The third-order valence-corrected chi connectivity index (χ3v) is 4.03. The van der Waals surface area contributed by atoms with E-state index in [1.807, 2.05) is 17.5 Å². The van der Waals surface area contributed by atoms with Gasteiger partial charge in [-0.1, -0.05) is 11.2 Å². The van der Waals surface area contributed by atoms with Crippen LogP contribution in [0, 0.1) is 5.82 Å². The highest BCUT2D eigenvalue weighted by Gasteiger charge is 2.31. The van der Waals surface area contributed by atoms with Crippen LogP contribution in [-0.2, 0) is 22.4 Å². The highest BCUT2D eigenvalue weighted by molar-refractivity contribution is 7.12. The van der Waals surface area contributed by atoms with Crippen molar-refractivity contribution in [1.82, 2.24) is 5.32 Å². The lowest BCUT2D eigenvalue weighted by Gasteiger charge is -2.10. The highest BCUT2D eigenvalue weighted by Crippen LogP contribution is 2.30. The molecule has 0 aliphatic carbocycles. The van der Waals surface area contributed by atoms with Gasteiger partial charge in [0.05, 0.1) is 16.2 Å². The molecule has 0 atom stereocenters. The average Bonchev–Trinajstić information content (AvgIpc) is 3.06. The molecule has 1 N–H and O–H groups in total. The van der Waals surface area contributed by atoms with Gasteiger partial charge in [0.2, 0.25) is 0 Å². The Morgan fingerprint density at radius 1 is 1.32 bits per heavy atom. The van der Waals surface area contributed by atoms with Crippen molar-refractivity contribution in [3.8, 4) is 0 Å². The molecule has 0 fully saturated rings. The summed E-state index contributed by atoms with van der Waals surface area (Å²) >= 11 is 1.46. The van der Waals surface area contributed by atoms with Crippen LogP contribution in [0.1, 0.15) is 22.9 Å². The number of nitrogens with zero attached hydrogens (tertiary/aromatic N) is 1. The monoisotopic (exact) mass is 374 g/mol. The van der Waals surface area contributed by atoms with E-state index in [2.05, 4.69) is 10.5 Å². The predicted octanol–water partition coefficient (Wildman–Crippen LogP) is 3.96. The van der Waals surface area contributed by atoms with Crippen molar-refractivity contribution in [1.29, 1.82) is 0 Å². The number of benzene rings is 1. The summed E-state index contributed by atoms with van der Waals surface area (Å²) in [6.07, 6.45) is -4.65. The molecule has 0 spiro atoms. The smallest absolute Gasteiger partial charge is 0.385 e. The van der Waals surface area contributed by atoms with Gasteiger partial charge in [0, 0.05) is 6.54 Å². The first-order valence-corrected chi connectivity index (χ1v) is 7.97. The zero-order valence-corrected chi connectivity index (χ0v) is 13.9. The molecule has 0 aliphatic heterocycles. The number of rotatable bonds is 6. The van der Waals surface area contributed by atoms with Crippen LogP contribution in [0.15, 0.2) is 40.9 Å². The highest BCUT2D eigenvalue weighted by atomic mass is 32.1. The Labute approximate surface area is 145 Å². The van der Waals surface area contributed by atoms with Crippen LogP contribution < -0.4 is 5.32 Å². The molecule has 0 bridgehead atoms. The van der Waals surface area contributed by atoms with Crippen LogP contribution in [0.2, 0.25) is 0 Å². The van der Waals surface area contributed by atoms with E-state index in [0.717, 1.165) is 17.0 Å². The minimum atomic E-state index is -4.65. The summed E-state index contributed by atoms with van der Waals surface area (Å²) in [7, 11) is 0. The number of carbonyl (C=O) groups excluding carboxylic acids is 1. The molecule has 134 valence electrons. The van der Waals surface area contributed by atoms with E-state index in [-0.39, 0.29) is 12.1 Å². The molecule has 0 saturated heterocycles. The standard InChI is InChI=1S/C16H14F4N2O2S/c1-10(14-3-2-4-25-14)22-24-9-15(23)21-8-11-5-12(16(18,19)20)7-13(17)6-11/h2-7H,8-9H2,1H3,(H,21,23). The predicted molar refractivity (Wildman–Crippen MR) is 85.7 cm³/mol. The maximum absolute atomic E-state index is 13.3. The maximum atomic E-state index is 13.3. The van der Waals surface area contributed by atoms with Crippen molar-refractivity contribution in [2.24, 2.45) is 5.16 Å². The lowest BCUT2D eigenvalue weighted by atomic mass is 10.1. The van der Waals surface area contributed by atoms with Crippen molar-refractivity contribution in [3.63, 3.8) is 0 Å². The lowest BCUT2D eigenvalue weighted by molar-refractivity contribution is -0.137. The third kappa shape index (κ3) is 5.86. The Balaban J connectivity index is 1.86. The number of oxime groups is 1. The maximum Gasteiger partial charge on any atom is 0.416 e. The van der Waals surface area contributed by atoms with E-state index in [4.69, 9.17) is 4.84 Å². The first-order valence-electron chi connectivity index (χ1n) is 7.09. The van der Waals surface area contributed by atoms with Gasteiger partial charge < -0.3 is 10.2 Å². The van der Waals surface area contributed by atoms with Gasteiger partial charge in [-0.05, 0) is 42.1 Å². The summed E-state index contributed by atoms with van der Waals surface area (Å²) in [6, 6.07) is 5.80. The summed E-state index contributed by atoms with van der Waals surface area (Å²) in [5.41, 5.74) is -0.508. The molecule has 1 heterocycles. The summed E-state index contributed by atoms with van der Waals surface area (Å²) < 4.78 is 51.1.